The molecule has 1 atom stereocenters. The largest absolute Gasteiger partial charge is 0.369 e. The lowest BCUT2D eigenvalue weighted by atomic mass is 10.2. The Morgan fingerprint density at radius 1 is 1.40 bits per heavy atom. The zero-order chi connectivity index (χ0) is 11.0. The third-order valence-electron chi connectivity index (χ3n) is 2.22. The van der Waals surface area contributed by atoms with E-state index in [0.29, 0.717) is 23.5 Å². The third kappa shape index (κ3) is 1.57. The van der Waals surface area contributed by atoms with E-state index in [1.165, 1.54) is 0 Å². The Morgan fingerprint density at radius 2 is 2.13 bits per heavy atom. The lowest BCUT2D eigenvalue weighted by molar-refractivity contribution is 0.727. The van der Waals surface area contributed by atoms with Crippen molar-refractivity contribution in [3.05, 3.63) is 16.2 Å². The number of H-pyrrole nitrogens is 2. The van der Waals surface area contributed by atoms with Crippen molar-refractivity contribution in [2.75, 3.05) is 12.3 Å². The summed E-state index contributed by atoms with van der Waals surface area (Å²) in [5.74, 6) is 0.766. The molecule has 2 heterocycles. The van der Waals surface area contributed by atoms with Gasteiger partial charge in [-0.1, -0.05) is 6.92 Å². The van der Waals surface area contributed by atoms with Crippen molar-refractivity contribution >= 4 is 17.1 Å². The Hall–Kier alpha value is -1.89. The van der Waals surface area contributed by atoms with E-state index in [0.717, 1.165) is 0 Å². The molecule has 0 aliphatic rings. The summed E-state index contributed by atoms with van der Waals surface area (Å²) in [5, 5.41) is 0. The molecule has 0 aliphatic carbocycles. The van der Waals surface area contributed by atoms with Gasteiger partial charge in [0.15, 0.2) is 11.2 Å². The van der Waals surface area contributed by atoms with E-state index in [4.69, 9.17) is 11.5 Å². The molecular formula is C8H12N6O. The van der Waals surface area contributed by atoms with Gasteiger partial charge in [0.1, 0.15) is 5.82 Å². The minimum absolute atomic E-state index is 0.0554. The molecular weight excluding hydrogens is 196 g/mol. The van der Waals surface area contributed by atoms with Crippen LogP contribution in [0.15, 0.2) is 4.79 Å². The van der Waals surface area contributed by atoms with E-state index in [9.17, 15) is 4.79 Å². The summed E-state index contributed by atoms with van der Waals surface area (Å²) < 4.78 is 0. The van der Waals surface area contributed by atoms with Gasteiger partial charge in [0, 0.05) is 12.5 Å². The van der Waals surface area contributed by atoms with Crippen LogP contribution in [0.1, 0.15) is 18.7 Å². The number of hydrogen-bond acceptors (Lipinski definition) is 5. The molecule has 2 rings (SSSR count). The van der Waals surface area contributed by atoms with Crippen molar-refractivity contribution < 1.29 is 0 Å². The first-order valence-corrected chi connectivity index (χ1v) is 4.57. The third-order valence-corrected chi connectivity index (χ3v) is 2.22. The first kappa shape index (κ1) is 9.66. The van der Waals surface area contributed by atoms with Crippen LogP contribution < -0.4 is 17.0 Å². The molecule has 15 heavy (non-hydrogen) atoms. The maximum absolute atomic E-state index is 11.4. The second-order valence-corrected chi connectivity index (χ2v) is 3.41. The van der Waals surface area contributed by atoms with Crippen molar-refractivity contribution in [1.29, 1.82) is 0 Å². The summed E-state index contributed by atoms with van der Waals surface area (Å²) in [5.41, 5.74) is 11.2. The second kappa shape index (κ2) is 3.35. The van der Waals surface area contributed by atoms with E-state index < -0.39 is 0 Å². The molecule has 0 saturated heterocycles. The van der Waals surface area contributed by atoms with Crippen molar-refractivity contribution in [2.45, 2.75) is 12.8 Å². The smallest absolute Gasteiger partial charge is 0.278 e. The van der Waals surface area contributed by atoms with Crippen LogP contribution in [0.25, 0.3) is 11.2 Å². The first-order valence-electron chi connectivity index (χ1n) is 4.57. The van der Waals surface area contributed by atoms with Crippen LogP contribution in [-0.2, 0) is 0 Å². The average molecular weight is 208 g/mol. The molecule has 0 amide bonds. The summed E-state index contributed by atoms with van der Waals surface area (Å²) >= 11 is 0. The summed E-state index contributed by atoms with van der Waals surface area (Å²) in [6.45, 7) is 2.36. The van der Waals surface area contributed by atoms with Crippen LogP contribution in [0.2, 0.25) is 0 Å². The number of nitrogen functional groups attached to an aromatic ring is 1. The Bertz CT molecular complexity index is 542. The number of nitrogens with two attached hydrogens (primary N) is 2. The molecule has 0 bridgehead atoms. The highest BCUT2D eigenvalue weighted by Crippen LogP contribution is 2.12. The molecule has 0 saturated carbocycles. The molecule has 7 nitrogen and oxygen atoms in total. The highest BCUT2D eigenvalue weighted by Gasteiger charge is 2.12. The second-order valence-electron chi connectivity index (χ2n) is 3.41. The molecule has 80 valence electrons. The summed E-state index contributed by atoms with van der Waals surface area (Å²) in [7, 11) is 0. The van der Waals surface area contributed by atoms with E-state index >= 15 is 0 Å². The SMILES string of the molecule is CC(CN)c1nc2nc(N)[nH]c(=O)c2[nH]1. The number of rotatable bonds is 2. The van der Waals surface area contributed by atoms with Gasteiger partial charge < -0.3 is 16.5 Å². The molecule has 0 fully saturated rings. The number of aromatic amines is 2. The molecule has 2 aromatic rings. The minimum atomic E-state index is -0.319. The van der Waals surface area contributed by atoms with Gasteiger partial charge in [0.25, 0.3) is 5.56 Å². The Balaban J connectivity index is 2.65. The van der Waals surface area contributed by atoms with E-state index in [2.05, 4.69) is 19.9 Å². The van der Waals surface area contributed by atoms with Gasteiger partial charge in [-0.05, 0) is 0 Å². The summed E-state index contributed by atoms with van der Waals surface area (Å²) in [6, 6.07) is 0. The predicted molar refractivity (Wildman–Crippen MR) is 56.4 cm³/mol. The molecule has 7 heteroatoms. The number of anilines is 1. The normalized spacial score (nSPS) is 13.2. The number of fused-ring (bicyclic) bond motifs is 1. The fraction of sp³-hybridized carbons (Fsp3) is 0.375. The van der Waals surface area contributed by atoms with Gasteiger partial charge in [-0.25, -0.2) is 4.98 Å². The Labute approximate surface area is 84.9 Å². The lowest BCUT2D eigenvalue weighted by Gasteiger charge is -2.01. The number of aromatic nitrogens is 4. The minimum Gasteiger partial charge on any atom is -0.369 e. The highest BCUT2D eigenvalue weighted by atomic mass is 16.1. The summed E-state index contributed by atoms with van der Waals surface area (Å²) in [4.78, 5) is 24.8. The molecule has 0 radical (unpaired) electrons. The molecule has 1 unspecified atom stereocenters. The molecule has 6 N–H and O–H groups in total. The van der Waals surface area contributed by atoms with E-state index in [1.54, 1.807) is 0 Å². The average Bonchev–Trinajstić information content (AvgIpc) is 2.60. The van der Waals surface area contributed by atoms with Crippen molar-refractivity contribution in [1.82, 2.24) is 19.9 Å². The van der Waals surface area contributed by atoms with Crippen LogP contribution in [0.3, 0.4) is 0 Å². The fourth-order valence-electron chi connectivity index (χ4n) is 1.29. The Kier molecular flexibility index (Phi) is 2.16. The van der Waals surface area contributed by atoms with E-state index in [1.807, 2.05) is 6.92 Å². The summed E-state index contributed by atoms with van der Waals surface area (Å²) in [6.07, 6.45) is 0. The van der Waals surface area contributed by atoms with Crippen molar-refractivity contribution in [3.8, 4) is 0 Å². The zero-order valence-electron chi connectivity index (χ0n) is 8.24. The molecule has 0 spiro atoms. The van der Waals surface area contributed by atoms with Gasteiger partial charge in [-0.3, -0.25) is 9.78 Å². The van der Waals surface area contributed by atoms with Crippen LogP contribution >= 0.6 is 0 Å². The van der Waals surface area contributed by atoms with Gasteiger partial charge in [-0.2, -0.15) is 4.98 Å². The van der Waals surface area contributed by atoms with Crippen molar-refractivity contribution in [2.24, 2.45) is 5.73 Å². The van der Waals surface area contributed by atoms with Crippen LogP contribution in [0.4, 0.5) is 5.95 Å². The number of hydrogen-bond donors (Lipinski definition) is 4. The maximum Gasteiger partial charge on any atom is 0.278 e. The van der Waals surface area contributed by atoms with Gasteiger partial charge >= 0.3 is 0 Å². The Morgan fingerprint density at radius 3 is 2.80 bits per heavy atom. The lowest BCUT2D eigenvalue weighted by Crippen LogP contribution is -2.11. The highest BCUT2D eigenvalue weighted by molar-refractivity contribution is 5.70. The number of nitrogens with one attached hydrogen (secondary N) is 2. The molecule has 0 aromatic carbocycles. The predicted octanol–water partition coefficient (Wildman–Crippen LogP) is -0.709. The van der Waals surface area contributed by atoms with Gasteiger partial charge in [-0.15, -0.1) is 0 Å². The molecule has 0 aliphatic heterocycles. The number of imidazole rings is 1. The van der Waals surface area contributed by atoms with Gasteiger partial charge in [0.05, 0.1) is 0 Å². The molecule has 2 aromatic heterocycles. The standard InChI is InChI=1S/C8H12N6O/c1-3(2-9)5-11-4-6(12-5)13-8(10)14-7(4)15/h3H,2,9H2,1H3,(H4,10,11,12,13,14,15). The first-order chi connectivity index (χ1) is 7.11. The zero-order valence-corrected chi connectivity index (χ0v) is 8.24. The monoisotopic (exact) mass is 208 g/mol. The van der Waals surface area contributed by atoms with Gasteiger partial charge in [0.2, 0.25) is 5.95 Å². The van der Waals surface area contributed by atoms with E-state index in [-0.39, 0.29) is 17.4 Å². The quantitative estimate of drug-likeness (QED) is 0.518. The number of nitrogens with zero attached hydrogens (tertiary/aromatic N) is 2. The topological polar surface area (TPSA) is 126 Å². The van der Waals surface area contributed by atoms with Crippen molar-refractivity contribution in [3.63, 3.8) is 0 Å². The van der Waals surface area contributed by atoms with Crippen LogP contribution in [0.5, 0.6) is 0 Å². The van der Waals surface area contributed by atoms with Crippen LogP contribution in [-0.4, -0.2) is 26.5 Å². The maximum atomic E-state index is 11.4. The fourth-order valence-corrected chi connectivity index (χ4v) is 1.29. The van der Waals surface area contributed by atoms with Crippen LogP contribution in [0, 0.1) is 0 Å².